The van der Waals surface area contributed by atoms with Gasteiger partial charge in [-0.15, -0.1) is 0 Å². The molecule has 2 aromatic carbocycles. The number of nitrogens with zero attached hydrogens (tertiary/aromatic N) is 1. The van der Waals surface area contributed by atoms with Crippen molar-refractivity contribution in [2.45, 2.75) is 26.4 Å². The minimum atomic E-state index is -0.269. The summed E-state index contributed by atoms with van der Waals surface area (Å²) < 4.78 is 5.59. The summed E-state index contributed by atoms with van der Waals surface area (Å²) in [5.74, 6) is 1.71. The Hall–Kier alpha value is -2.59. The summed E-state index contributed by atoms with van der Waals surface area (Å²) in [6, 6.07) is 17.6. The number of anilines is 1. The second-order valence-electron chi connectivity index (χ2n) is 6.12. The van der Waals surface area contributed by atoms with Crippen LogP contribution in [-0.4, -0.2) is 23.9 Å². The fraction of sp³-hybridized carbons (Fsp3) is 0.250. The first-order valence-electron chi connectivity index (χ1n) is 8.09. The summed E-state index contributed by atoms with van der Waals surface area (Å²) in [5, 5.41) is 5.20. The van der Waals surface area contributed by atoms with Crippen molar-refractivity contribution >= 4 is 22.4 Å². The van der Waals surface area contributed by atoms with Crippen LogP contribution in [0.3, 0.4) is 0 Å². The highest BCUT2D eigenvalue weighted by Crippen LogP contribution is 2.23. The molecule has 1 amide bonds. The molecule has 3 aromatic rings. The van der Waals surface area contributed by atoms with Gasteiger partial charge in [0.15, 0.2) is 0 Å². The van der Waals surface area contributed by atoms with E-state index in [0.29, 0.717) is 6.54 Å². The Morgan fingerprint density at radius 3 is 2.62 bits per heavy atom. The van der Waals surface area contributed by atoms with Crippen LogP contribution < -0.4 is 5.32 Å². The summed E-state index contributed by atoms with van der Waals surface area (Å²) in [7, 11) is 1.92. The third kappa shape index (κ3) is 3.49. The third-order valence-corrected chi connectivity index (χ3v) is 4.29. The van der Waals surface area contributed by atoms with Crippen LogP contribution in [0.2, 0.25) is 0 Å². The summed E-state index contributed by atoms with van der Waals surface area (Å²) in [5.41, 5.74) is 0.840. The van der Waals surface area contributed by atoms with Crippen molar-refractivity contribution in [1.29, 1.82) is 0 Å². The highest BCUT2D eigenvalue weighted by Gasteiger charge is 2.19. The lowest BCUT2D eigenvalue weighted by molar-refractivity contribution is -0.120. The molecule has 24 heavy (non-hydrogen) atoms. The Morgan fingerprint density at radius 1 is 1.12 bits per heavy atom. The van der Waals surface area contributed by atoms with Crippen LogP contribution in [0, 0.1) is 6.92 Å². The molecule has 3 rings (SSSR count). The number of nitrogens with one attached hydrogen (secondary N) is 1. The van der Waals surface area contributed by atoms with Crippen LogP contribution in [0.15, 0.2) is 59.0 Å². The van der Waals surface area contributed by atoms with Gasteiger partial charge in [-0.05, 0) is 44.5 Å². The quantitative estimate of drug-likeness (QED) is 0.766. The van der Waals surface area contributed by atoms with Gasteiger partial charge < -0.3 is 9.73 Å². The average Bonchev–Trinajstić information content (AvgIpc) is 2.99. The van der Waals surface area contributed by atoms with Crippen molar-refractivity contribution in [3.8, 4) is 0 Å². The number of carbonyl (C=O) groups is 1. The molecule has 124 valence electrons. The van der Waals surface area contributed by atoms with E-state index in [0.717, 1.165) is 28.0 Å². The first-order valence-corrected chi connectivity index (χ1v) is 8.09. The molecule has 0 saturated carbocycles. The van der Waals surface area contributed by atoms with Crippen LogP contribution in [-0.2, 0) is 11.3 Å². The number of hydrogen-bond acceptors (Lipinski definition) is 3. The SMILES string of the molecule is Cc1ccc(CN(C)[C@H](C)C(=O)Nc2cccc3ccccc23)o1. The number of rotatable bonds is 5. The van der Waals surface area contributed by atoms with Crippen molar-refractivity contribution in [1.82, 2.24) is 4.90 Å². The number of benzene rings is 2. The Balaban J connectivity index is 1.71. The van der Waals surface area contributed by atoms with E-state index in [4.69, 9.17) is 4.42 Å². The standard InChI is InChI=1S/C20H22N2O2/c1-14-11-12-17(24-14)13-22(3)15(2)20(23)21-19-10-6-8-16-7-4-5-9-18(16)19/h4-12,15H,13H2,1-3H3,(H,21,23)/t15-/m1/s1. The molecule has 1 aromatic heterocycles. The lowest BCUT2D eigenvalue weighted by Gasteiger charge is -2.23. The third-order valence-electron chi connectivity index (χ3n) is 4.29. The van der Waals surface area contributed by atoms with Crippen molar-refractivity contribution in [2.75, 3.05) is 12.4 Å². The van der Waals surface area contributed by atoms with Crippen LogP contribution in [0.25, 0.3) is 10.8 Å². The van der Waals surface area contributed by atoms with Gasteiger partial charge in [0.1, 0.15) is 11.5 Å². The van der Waals surface area contributed by atoms with Crippen molar-refractivity contribution in [3.05, 3.63) is 66.1 Å². The first kappa shape index (κ1) is 16.3. The number of aryl methyl sites for hydroxylation is 1. The molecule has 0 fully saturated rings. The molecule has 0 aliphatic heterocycles. The molecule has 0 radical (unpaired) electrons. The normalized spacial score (nSPS) is 12.5. The highest BCUT2D eigenvalue weighted by atomic mass is 16.3. The Morgan fingerprint density at radius 2 is 1.88 bits per heavy atom. The van der Waals surface area contributed by atoms with Crippen molar-refractivity contribution in [3.63, 3.8) is 0 Å². The first-order chi connectivity index (χ1) is 11.5. The molecular formula is C20H22N2O2. The van der Waals surface area contributed by atoms with E-state index >= 15 is 0 Å². The molecule has 0 aliphatic rings. The average molecular weight is 322 g/mol. The van der Waals surface area contributed by atoms with Gasteiger partial charge in [0, 0.05) is 11.1 Å². The Labute approximate surface area is 142 Å². The van der Waals surface area contributed by atoms with Gasteiger partial charge in [-0.3, -0.25) is 9.69 Å². The van der Waals surface area contributed by atoms with E-state index in [1.807, 2.05) is 80.4 Å². The van der Waals surface area contributed by atoms with E-state index in [2.05, 4.69) is 5.32 Å². The molecule has 4 heteroatoms. The maximum absolute atomic E-state index is 12.6. The largest absolute Gasteiger partial charge is 0.465 e. The van der Waals surface area contributed by atoms with Crippen LogP contribution in [0.5, 0.6) is 0 Å². The molecule has 0 aliphatic carbocycles. The smallest absolute Gasteiger partial charge is 0.241 e. The maximum atomic E-state index is 12.6. The molecule has 0 spiro atoms. The summed E-state index contributed by atoms with van der Waals surface area (Å²) >= 11 is 0. The molecule has 1 heterocycles. The lowest BCUT2D eigenvalue weighted by atomic mass is 10.1. The molecule has 0 bridgehead atoms. The number of amides is 1. The van der Waals surface area contributed by atoms with Gasteiger partial charge in [-0.25, -0.2) is 0 Å². The predicted molar refractivity (Wildman–Crippen MR) is 97.0 cm³/mol. The van der Waals surface area contributed by atoms with Crippen LogP contribution in [0.1, 0.15) is 18.4 Å². The van der Waals surface area contributed by atoms with Gasteiger partial charge >= 0.3 is 0 Å². The maximum Gasteiger partial charge on any atom is 0.241 e. The number of carbonyl (C=O) groups excluding carboxylic acids is 1. The summed E-state index contributed by atoms with van der Waals surface area (Å²) in [6.07, 6.45) is 0. The van der Waals surface area contributed by atoms with E-state index < -0.39 is 0 Å². The van der Waals surface area contributed by atoms with Gasteiger partial charge in [-0.1, -0.05) is 36.4 Å². The fourth-order valence-corrected chi connectivity index (χ4v) is 2.72. The number of furan rings is 1. The monoisotopic (exact) mass is 322 g/mol. The molecule has 0 saturated heterocycles. The fourth-order valence-electron chi connectivity index (χ4n) is 2.72. The predicted octanol–water partition coefficient (Wildman–Crippen LogP) is 4.20. The van der Waals surface area contributed by atoms with Gasteiger partial charge in [0.25, 0.3) is 0 Å². The van der Waals surface area contributed by atoms with Gasteiger partial charge in [0.2, 0.25) is 5.91 Å². The molecule has 0 unspecified atom stereocenters. The molecular weight excluding hydrogens is 300 g/mol. The second-order valence-corrected chi connectivity index (χ2v) is 6.12. The van der Waals surface area contributed by atoms with E-state index in [-0.39, 0.29) is 11.9 Å². The van der Waals surface area contributed by atoms with Gasteiger partial charge in [0.05, 0.1) is 12.6 Å². The minimum absolute atomic E-state index is 0.0304. The number of fused-ring (bicyclic) bond motifs is 1. The summed E-state index contributed by atoms with van der Waals surface area (Å²) in [6.45, 7) is 4.41. The van der Waals surface area contributed by atoms with Gasteiger partial charge in [-0.2, -0.15) is 0 Å². The Bertz CT molecular complexity index is 848. The van der Waals surface area contributed by atoms with E-state index in [1.165, 1.54) is 0 Å². The topological polar surface area (TPSA) is 45.5 Å². The summed E-state index contributed by atoms with van der Waals surface area (Å²) in [4.78, 5) is 14.6. The zero-order valence-corrected chi connectivity index (χ0v) is 14.2. The zero-order valence-electron chi connectivity index (χ0n) is 14.2. The van der Waals surface area contributed by atoms with Crippen molar-refractivity contribution in [2.24, 2.45) is 0 Å². The van der Waals surface area contributed by atoms with Crippen LogP contribution >= 0.6 is 0 Å². The minimum Gasteiger partial charge on any atom is -0.465 e. The molecule has 1 N–H and O–H groups in total. The molecule has 1 atom stereocenters. The van der Waals surface area contributed by atoms with Crippen LogP contribution in [0.4, 0.5) is 5.69 Å². The molecule has 4 nitrogen and oxygen atoms in total. The van der Waals surface area contributed by atoms with E-state index in [9.17, 15) is 4.79 Å². The van der Waals surface area contributed by atoms with Crippen molar-refractivity contribution < 1.29 is 9.21 Å². The lowest BCUT2D eigenvalue weighted by Crippen LogP contribution is -2.39. The van der Waals surface area contributed by atoms with E-state index in [1.54, 1.807) is 0 Å². The zero-order chi connectivity index (χ0) is 17.1. The number of hydrogen-bond donors (Lipinski definition) is 1. The highest BCUT2D eigenvalue weighted by molar-refractivity contribution is 6.03. The second kappa shape index (κ2) is 6.89. The Kier molecular flexibility index (Phi) is 4.67. The number of likely N-dealkylation sites (N-methyl/N-ethyl adjacent to an activating group) is 1.